The van der Waals surface area contributed by atoms with Gasteiger partial charge in [-0.2, -0.15) is 0 Å². The van der Waals surface area contributed by atoms with Crippen molar-refractivity contribution in [1.29, 1.82) is 0 Å². The fourth-order valence-corrected chi connectivity index (χ4v) is 9.23. The summed E-state index contributed by atoms with van der Waals surface area (Å²) in [6, 6.07) is 0. The number of hydrogen-bond acceptors (Lipinski definition) is 14. The Kier molecular flexibility index (Phi) is 7.56. The number of rotatable bonds is 4. The maximum atomic E-state index is 12.7. The van der Waals surface area contributed by atoms with E-state index >= 15 is 0 Å². The van der Waals surface area contributed by atoms with E-state index in [-0.39, 0.29) is 50.7 Å². The minimum absolute atomic E-state index is 0.0161. The predicted octanol–water partition coefficient (Wildman–Crippen LogP) is 0.492. The Morgan fingerprint density at radius 1 is 0.595 bits per heavy atom. The van der Waals surface area contributed by atoms with Gasteiger partial charge < -0.3 is 20.9 Å². The van der Waals surface area contributed by atoms with Crippen molar-refractivity contribution in [1.82, 2.24) is 10.6 Å². The summed E-state index contributed by atoms with van der Waals surface area (Å²) in [6.45, 7) is 2.31. The van der Waals surface area contributed by atoms with Crippen LogP contribution < -0.4 is 31.6 Å². The smallest absolute Gasteiger partial charge is 0.308 e. The largest absolute Gasteiger partial charge is 0.424 e. The van der Waals surface area contributed by atoms with Crippen molar-refractivity contribution in [2.24, 2.45) is 11.5 Å². The number of imide groups is 2. The molecule has 0 aliphatic carbocycles. The monoisotopic (exact) mass is 646 g/mol. The van der Waals surface area contributed by atoms with Gasteiger partial charge in [0.2, 0.25) is 0 Å². The van der Waals surface area contributed by atoms with Crippen molar-refractivity contribution in [3.63, 3.8) is 0 Å². The van der Waals surface area contributed by atoms with E-state index in [1.165, 1.54) is 0 Å². The highest BCUT2D eigenvalue weighted by molar-refractivity contribution is 8.26. The van der Waals surface area contributed by atoms with Crippen molar-refractivity contribution < 1.29 is 47.8 Å². The Labute approximate surface area is 251 Å². The van der Waals surface area contributed by atoms with Gasteiger partial charge >= 0.3 is 11.9 Å². The number of esters is 2. The molecule has 0 atom stereocenters. The van der Waals surface area contributed by atoms with Gasteiger partial charge in [-0.25, -0.2) is 0 Å². The molecular formula is C24H14N4O10S4. The number of amides is 6. The molecule has 0 bridgehead atoms. The van der Waals surface area contributed by atoms with Gasteiger partial charge in [0.25, 0.3) is 35.4 Å². The van der Waals surface area contributed by atoms with Crippen LogP contribution in [0, 0.1) is 0 Å². The Hall–Kier alpha value is -4.26. The van der Waals surface area contributed by atoms with Crippen LogP contribution in [-0.4, -0.2) is 47.4 Å². The van der Waals surface area contributed by atoms with Crippen molar-refractivity contribution >= 4 is 94.4 Å². The molecule has 4 heterocycles. The van der Waals surface area contributed by atoms with E-state index in [1.807, 2.05) is 10.6 Å². The predicted molar refractivity (Wildman–Crippen MR) is 147 cm³/mol. The topological polar surface area (TPSA) is 231 Å². The fourth-order valence-electron chi connectivity index (χ4n) is 3.79. The standard InChI is InChI=1S/C24H14N4O10S4/c1-5(29)37-11-13-15(41-23(39-13)9-3-7(17(25)31)19(33)27-21(9)35)12(38-6(2)30)16-14(11)40-24(42-16)10-4-8(18(26)32)20(34)28-22(10)36/h3-4H,1-2H3,(H2,25,31)(H2,26,32)(H,27,33,35)(H,28,34,36). The van der Waals surface area contributed by atoms with Gasteiger partial charge in [0, 0.05) is 13.8 Å². The molecule has 0 aromatic heterocycles. The molecule has 4 aliphatic rings. The molecule has 6 amide bonds. The third-order valence-electron chi connectivity index (χ3n) is 5.49. The number of thioether (sulfide) groups is 4. The second-order valence-corrected chi connectivity index (χ2v) is 13.0. The first-order valence-electron chi connectivity index (χ1n) is 11.3. The molecule has 0 fully saturated rings. The lowest BCUT2D eigenvalue weighted by Crippen LogP contribution is -2.40. The molecule has 18 heteroatoms. The summed E-state index contributed by atoms with van der Waals surface area (Å²) < 4.78 is 11.6. The highest BCUT2D eigenvalue weighted by Crippen LogP contribution is 2.68. The first kappa shape index (κ1) is 29.2. The molecule has 6 N–H and O–H groups in total. The number of primary amides is 2. The molecule has 0 saturated heterocycles. The lowest BCUT2D eigenvalue weighted by molar-refractivity contribution is -0.133. The van der Waals surface area contributed by atoms with Gasteiger partial charge in [-0.15, -0.1) is 0 Å². The molecule has 0 saturated carbocycles. The Morgan fingerprint density at radius 3 is 1.17 bits per heavy atom. The van der Waals surface area contributed by atoms with Crippen molar-refractivity contribution in [2.75, 3.05) is 0 Å². The van der Waals surface area contributed by atoms with Gasteiger partial charge in [-0.05, 0) is 12.2 Å². The van der Waals surface area contributed by atoms with Gasteiger partial charge in [0.1, 0.15) is 11.1 Å². The summed E-state index contributed by atoms with van der Waals surface area (Å²) in [6.07, 6.45) is 2.10. The summed E-state index contributed by atoms with van der Waals surface area (Å²) in [5.41, 5.74) is 9.49. The van der Waals surface area contributed by atoms with Crippen LogP contribution in [0.2, 0.25) is 0 Å². The zero-order valence-corrected chi connectivity index (χ0v) is 24.3. The third kappa shape index (κ3) is 5.13. The van der Waals surface area contributed by atoms with E-state index in [4.69, 9.17) is 20.9 Å². The molecule has 4 aliphatic heterocycles. The van der Waals surface area contributed by atoms with Crippen molar-refractivity contribution in [3.05, 3.63) is 42.9 Å². The van der Waals surface area contributed by atoms with Crippen LogP contribution in [0.5, 0.6) is 11.5 Å². The van der Waals surface area contributed by atoms with Gasteiger partial charge in [0.15, 0.2) is 11.5 Å². The maximum Gasteiger partial charge on any atom is 0.308 e. The van der Waals surface area contributed by atoms with E-state index < -0.39 is 58.5 Å². The molecule has 42 heavy (non-hydrogen) atoms. The van der Waals surface area contributed by atoms with E-state index in [2.05, 4.69) is 0 Å². The molecule has 5 rings (SSSR count). The fraction of sp³-hybridized carbons (Fsp3) is 0.0833. The molecular weight excluding hydrogens is 633 g/mol. The average molecular weight is 647 g/mol. The number of nitrogens with one attached hydrogen (secondary N) is 2. The van der Waals surface area contributed by atoms with Gasteiger partial charge in [-0.1, -0.05) is 47.0 Å². The lowest BCUT2D eigenvalue weighted by atomic mass is 10.1. The van der Waals surface area contributed by atoms with E-state index in [9.17, 15) is 38.4 Å². The number of benzene rings is 1. The summed E-state index contributed by atoms with van der Waals surface area (Å²) in [7, 11) is 0. The number of ether oxygens (including phenoxy) is 2. The third-order valence-corrected chi connectivity index (χ3v) is 10.7. The normalized spacial score (nSPS) is 17.7. The van der Waals surface area contributed by atoms with Crippen molar-refractivity contribution in [2.45, 2.75) is 33.4 Å². The summed E-state index contributed by atoms with van der Waals surface area (Å²) in [5, 5.41) is 4.09. The first-order valence-corrected chi connectivity index (χ1v) is 14.6. The molecule has 214 valence electrons. The van der Waals surface area contributed by atoms with Gasteiger partial charge in [0.05, 0.1) is 39.2 Å². The molecule has 0 unspecified atom stereocenters. The SMILES string of the molecule is CC(=O)Oc1c2c(c(OC(C)=O)c3c1SC(=C1C=C(C(N)=O)C(=O)NC1=O)S3)SC(=C1C=C(C(N)=O)C(=O)NC1=O)S2. The number of carbonyl (C=O) groups is 8. The Bertz CT molecular complexity index is 1600. The van der Waals surface area contributed by atoms with Crippen LogP contribution in [-0.2, 0) is 38.4 Å². The van der Waals surface area contributed by atoms with Crippen LogP contribution >= 0.6 is 47.0 Å². The average Bonchev–Trinajstić information content (AvgIpc) is 3.51. The molecule has 14 nitrogen and oxygen atoms in total. The van der Waals surface area contributed by atoms with Crippen LogP contribution in [0.25, 0.3) is 0 Å². The Morgan fingerprint density at radius 2 is 0.905 bits per heavy atom. The number of nitrogens with two attached hydrogens (primary N) is 2. The van der Waals surface area contributed by atoms with Crippen LogP contribution in [0.15, 0.2) is 62.5 Å². The summed E-state index contributed by atoms with van der Waals surface area (Å²) >= 11 is 3.80. The zero-order valence-electron chi connectivity index (χ0n) is 21.0. The van der Waals surface area contributed by atoms with Gasteiger partial charge in [-0.3, -0.25) is 49.0 Å². The highest BCUT2D eigenvalue weighted by atomic mass is 32.2. The minimum Gasteiger partial charge on any atom is -0.424 e. The van der Waals surface area contributed by atoms with Crippen LogP contribution in [0.1, 0.15) is 13.8 Å². The van der Waals surface area contributed by atoms with E-state index in [1.54, 1.807) is 0 Å². The second kappa shape index (κ2) is 10.9. The Balaban J connectivity index is 1.71. The van der Waals surface area contributed by atoms with Crippen LogP contribution in [0.3, 0.4) is 0 Å². The van der Waals surface area contributed by atoms with Crippen LogP contribution in [0.4, 0.5) is 0 Å². The lowest BCUT2D eigenvalue weighted by Gasteiger charge is -2.15. The maximum absolute atomic E-state index is 12.7. The molecule has 1 aromatic carbocycles. The molecule has 0 radical (unpaired) electrons. The summed E-state index contributed by atoms with van der Waals surface area (Å²) in [4.78, 5) is 98.3. The van der Waals surface area contributed by atoms with Crippen molar-refractivity contribution in [3.8, 4) is 11.5 Å². The molecule has 0 spiro atoms. The first-order chi connectivity index (χ1) is 19.8. The minimum atomic E-state index is -1.06. The summed E-state index contributed by atoms with van der Waals surface area (Å²) in [5.74, 6) is -7.05. The number of fused-ring (bicyclic) bond motifs is 2. The zero-order chi connectivity index (χ0) is 30.6. The highest BCUT2D eigenvalue weighted by Gasteiger charge is 2.41. The van der Waals surface area contributed by atoms with E-state index in [0.717, 1.165) is 73.0 Å². The number of hydrogen-bond donors (Lipinski definition) is 4. The second-order valence-electron chi connectivity index (χ2n) is 8.38. The quantitative estimate of drug-likeness (QED) is 0.115. The molecule has 1 aromatic rings. The van der Waals surface area contributed by atoms with E-state index in [0.29, 0.717) is 0 Å². The number of carbonyl (C=O) groups excluding carboxylic acids is 8.